The van der Waals surface area contributed by atoms with Crippen LogP contribution in [0.15, 0.2) is 30.5 Å². The third-order valence-electron chi connectivity index (χ3n) is 3.10. The summed E-state index contributed by atoms with van der Waals surface area (Å²) in [6, 6.07) is 6.28. The Morgan fingerprint density at radius 2 is 1.58 bits per heavy atom. The zero-order chi connectivity index (χ0) is 17.7. The highest BCUT2D eigenvalue weighted by atomic mass is 16.5. The molecule has 0 radical (unpaired) electrons. The number of ether oxygens (including phenoxy) is 2. The maximum atomic E-state index is 11.5. The summed E-state index contributed by atoms with van der Waals surface area (Å²) in [7, 11) is 2.53. The van der Waals surface area contributed by atoms with Gasteiger partial charge in [0.25, 0.3) is 0 Å². The second-order valence-corrected chi connectivity index (χ2v) is 4.70. The van der Waals surface area contributed by atoms with Crippen molar-refractivity contribution in [1.29, 1.82) is 0 Å². The quantitative estimate of drug-likeness (QED) is 0.484. The van der Waals surface area contributed by atoms with Gasteiger partial charge >= 0.3 is 11.9 Å². The van der Waals surface area contributed by atoms with E-state index in [4.69, 9.17) is 11.5 Å². The zero-order valence-corrected chi connectivity index (χ0v) is 13.1. The number of nitrogen functional groups attached to an aromatic ring is 2. The topological polar surface area (TPSA) is 118 Å². The van der Waals surface area contributed by atoms with Gasteiger partial charge in [-0.3, -0.25) is 0 Å². The average molecular weight is 325 g/mol. The molecule has 0 aliphatic carbocycles. The fourth-order valence-electron chi connectivity index (χ4n) is 1.90. The number of hydrogen-bond donors (Lipinski definition) is 2. The van der Waals surface area contributed by atoms with Crippen molar-refractivity contribution in [1.82, 2.24) is 4.98 Å². The number of nitrogens with zero attached hydrogens (tertiary/aromatic N) is 1. The first-order valence-corrected chi connectivity index (χ1v) is 6.80. The molecule has 0 aliphatic rings. The molecule has 4 N–H and O–H groups in total. The van der Waals surface area contributed by atoms with Crippen molar-refractivity contribution >= 4 is 23.3 Å². The number of esters is 2. The molecular formula is C17H15N3O4. The van der Waals surface area contributed by atoms with Gasteiger partial charge in [0.1, 0.15) is 0 Å². The Labute approximate surface area is 138 Å². The molecule has 1 aromatic carbocycles. The monoisotopic (exact) mass is 325 g/mol. The number of pyridine rings is 1. The fraction of sp³-hybridized carbons (Fsp3) is 0.118. The molecule has 0 spiro atoms. The van der Waals surface area contributed by atoms with Crippen molar-refractivity contribution in [2.24, 2.45) is 0 Å². The van der Waals surface area contributed by atoms with Crippen LogP contribution in [0.2, 0.25) is 0 Å². The summed E-state index contributed by atoms with van der Waals surface area (Å²) >= 11 is 0. The molecule has 24 heavy (non-hydrogen) atoms. The number of methoxy groups -OCH3 is 2. The molecule has 2 aromatic rings. The van der Waals surface area contributed by atoms with E-state index >= 15 is 0 Å². The van der Waals surface area contributed by atoms with Crippen molar-refractivity contribution in [2.45, 2.75) is 0 Å². The number of carbonyl (C=O) groups is 2. The van der Waals surface area contributed by atoms with Gasteiger partial charge < -0.3 is 20.9 Å². The van der Waals surface area contributed by atoms with E-state index in [2.05, 4.69) is 26.3 Å². The molecule has 0 amide bonds. The third kappa shape index (κ3) is 3.62. The third-order valence-corrected chi connectivity index (χ3v) is 3.10. The molecule has 0 atom stereocenters. The van der Waals surface area contributed by atoms with Gasteiger partial charge in [0.2, 0.25) is 0 Å². The number of nitrogens with two attached hydrogens (primary N) is 2. The number of rotatable bonds is 2. The molecule has 0 saturated heterocycles. The summed E-state index contributed by atoms with van der Waals surface area (Å²) in [5, 5.41) is 0. The van der Waals surface area contributed by atoms with Gasteiger partial charge in [0, 0.05) is 23.0 Å². The summed E-state index contributed by atoms with van der Waals surface area (Å²) in [5.74, 6) is 4.62. The zero-order valence-electron chi connectivity index (χ0n) is 13.1. The van der Waals surface area contributed by atoms with Crippen molar-refractivity contribution in [3.63, 3.8) is 0 Å². The number of anilines is 2. The second kappa shape index (κ2) is 7.15. The van der Waals surface area contributed by atoms with Crippen molar-refractivity contribution in [3.05, 3.63) is 52.8 Å². The highest BCUT2D eigenvalue weighted by molar-refractivity contribution is 5.95. The smallest absolute Gasteiger partial charge is 0.358 e. The Balaban J connectivity index is 2.27. The molecule has 1 heterocycles. The Morgan fingerprint density at radius 3 is 2.17 bits per heavy atom. The minimum absolute atomic E-state index is 0.0368. The molecule has 122 valence electrons. The van der Waals surface area contributed by atoms with Crippen LogP contribution in [0.25, 0.3) is 0 Å². The molecule has 7 nitrogen and oxygen atoms in total. The minimum Gasteiger partial charge on any atom is -0.465 e. The van der Waals surface area contributed by atoms with Crippen LogP contribution < -0.4 is 11.5 Å². The molecule has 0 saturated carbocycles. The van der Waals surface area contributed by atoms with Crippen LogP contribution in [-0.4, -0.2) is 31.1 Å². The lowest BCUT2D eigenvalue weighted by atomic mass is 10.1. The fourth-order valence-corrected chi connectivity index (χ4v) is 1.90. The minimum atomic E-state index is -0.613. The lowest BCUT2D eigenvalue weighted by Crippen LogP contribution is -2.08. The first-order valence-electron chi connectivity index (χ1n) is 6.80. The highest BCUT2D eigenvalue weighted by Crippen LogP contribution is 2.15. The maximum Gasteiger partial charge on any atom is 0.358 e. The van der Waals surface area contributed by atoms with Gasteiger partial charge in [-0.05, 0) is 24.3 Å². The van der Waals surface area contributed by atoms with Crippen LogP contribution in [-0.2, 0) is 9.47 Å². The van der Waals surface area contributed by atoms with Crippen molar-refractivity contribution in [2.75, 3.05) is 25.7 Å². The summed E-state index contributed by atoms with van der Waals surface area (Å²) in [4.78, 5) is 26.8. The standard InChI is InChI=1S/C17H15N3O4/c1-23-16(21)12-6-5-10(7-13(12)18)3-4-11-8-14(19)15(20-9-11)17(22)24-2/h5-9H,18-19H2,1-2H3. The van der Waals surface area contributed by atoms with Crippen LogP contribution in [0.5, 0.6) is 0 Å². The number of carbonyl (C=O) groups excluding carboxylic acids is 2. The molecule has 0 aliphatic heterocycles. The Bertz CT molecular complexity index is 796. The van der Waals surface area contributed by atoms with Gasteiger partial charge in [0.05, 0.1) is 25.5 Å². The van der Waals surface area contributed by atoms with E-state index in [1.807, 2.05) is 0 Å². The largest absolute Gasteiger partial charge is 0.465 e. The molecule has 7 heteroatoms. The Kier molecular flexibility index (Phi) is 5.02. The number of aromatic nitrogens is 1. The highest BCUT2D eigenvalue weighted by Gasteiger charge is 2.12. The van der Waals surface area contributed by atoms with Gasteiger partial charge in [-0.15, -0.1) is 0 Å². The summed E-state index contributed by atoms with van der Waals surface area (Å²) in [5.41, 5.74) is 13.5. The van der Waals surface area contributed by atoms with Gasteiger partial charge in [-0.2, -0.15) is 0 Å². The average Bonchev–Trinajstić information content (AvgIpc) is 2.58. The molecule has 0 bridgehead atoms. The molecular weight excluding hydrogens is 310 g/mol. The van der Waals surface area contributed by atoms with E-state index in [0.29, 0.717) is 11.1 Å². The first kappa shape index (κ1) is 16.8. The number of hydrogen-bond acceptors (Lipinski definition) is 7. The summed E-state index contributed by atoms with van der Waals surface area (Å²) < 4.78 is 9.19. The molecule has 1 aromatic heterocycles. The molecule has 0 unspecified atom stereocenters. The van der Waals surface area contributed by atoms with E-state index in [1.165, 1.54) is 32.5 Å². The van der Waals surface area contributed by atoms with E-state index in [0.717, 1.165) is 0 Å². The normalized spacial score (nSPS) is 9.58. The van der Waals surface area contributed by atoms with Crippen LogP contribution in [0.3, 0.4) is 0 Å². The van der Waals surface area contributed by atoms with E-state index < -0.39 is 11.9 Å². The van der Waals surface area contributed by atoms with Gasteiger partial charge in [-0.25, -0.2) is 14.6 Å². The SMILES string of the molecule is COC(=O)c1ccc(C#Cc2cnc(C(=O)OC)c(N)c2)cc1N. The van der Waals surface area contributed by atoms with Crippen LogP contribution in [0, 0.1) is 11.8 Å². The van der Waals surface area contributed by atoms with E-state index in [1.54, 1.807) is 12.1 Å². The maximum absolute atomic E-state index is 11.5. The van der Waals surface area contributed by atoms with E-state index in [-0.39, 0.29) is 22.6 Å². The lowest BCUT2D eigenvalue weighted by Gasteiger charge is -2.03. The van der Waals surface area contributed by atoms with Crippen LogP contribution in [0.1, 0.15) is 32.0 Å². The van der Waals surface area contributed by atoms with Crippen LogP contribution in [0.4, 0.5) is 11.4 Å². The Morgan fingerprint density at radius 1 is 0.958 bits per heavy atom. The lowest BCUT2D eigenvalue weighted by molar-refractivity contribution is 0.0589. The van der Waals surface area contributed by atoms with Gasteiger partial charge in [-0.1, -0.05) is 11.8 Å². The Hall–Kier alpha value is -3.53. The number of benzene rings is 1. The first-order chi connectivity index (χ1) is 11.5. The predicted molar refractivity (Wildman–Crippen MR) is 88.2 cm³/mol. The molecule has 2 rings (SSSR count). The predicted octanol–water partition coefficient (Wildman–Crippen LogP) is 1.22. The van der Waals surface area contributed by atoms with E-state index in [9.17, 15) is 9.59 Å². The van der Waals surface area contributed by atoms with Crippen molar-refractivity contribution < 1.29 is 19.1 Å². The summed E-state index contributed by atoms with van der Waals surface area (Å²) in [6.45, 7) is 0. The summed E-state index contributed by atoms with van der Waals surface area (Å²) in [6.07, 6.45) is 1.42. The second-order valence-electron chi connectivity index (χ2n) is 4.70. The van der Waals surface area contributed by atoms with Crippen molar-refractivity contribution in [3.8, 4) is 11.8 Å². The molecule has 0 fully saturated rings. The van der Waals surface area contributed by atoms with Crippen LogP contribution >= 0.6 is 0 Å². The van der Waals surface area contributed by atoms with Gasteiger partial charge in [0.15, 0.2) is 5.69 Å².